The molecule has 0 unspecified atom stereocenters. The molecule has 0 aromatic heterocycles. The van der Waals surface area contributed by atoms with Crippen LogP contribution in [0.3, 0.4) is 0 Å². The molecule has 1 aromatic rings. The smallest absolute Gasteiger partial charge is 0.317 e. The van der Waals surface area contributed by atoms with E-state index in [9.17, 15) is 4.79 Å². The van der Waals surface area contributed by atoms with Crippen LogP contribution >= 0.6 is 0 Å². The van der Waals surface area contributed by atoms with Gasteiger partial charge in [0.2, 0.25) is 0 Å². The summed E-state index contributed by atoms with van der Waals surface area (Å²) in [4.78, 5) is 13.9. The van der Waals surface area contributed by atoms with Gasteiger partial charge < -0.3 is 15.3 Å². The molecule has 1 saturated carbocycles. The minimum absolute atomic E-state index is 0.0366. The Kier molecular flexibility index (Phi) is 6.01. The fraction of sp³-hybridized carbons (Fsp3) is 0.500. The van der Waals surface area contributed by atoms with Crippen molar-refractivity contribution in [2.24, 2.45) is 0 Å². The van der Waals surface area contributed by atoms with Crippen LogP contribution in [0.4, 0.5) is 4.79 Å². The number of nitrogens with zero attached hydrogens (tertiary/aromatic N) is 1. The lowest BCUT2D eigenvalue weighted by Crippen LogP contribution is -2.46. The van der Waals surface area contributed by atoms with Crippen molar-refractivity contribution < 1.29 is 9.90 Å². The average molecular weight is 302 g/mol. The van der Waals surface area contributed by atoms with Gasteiger partial charge in [-0.15, -0.1) is 6.58 Å². The molecule has 0 saturated heterocycles. The molecule has 0 bridgehead atoms. The molecule has 2 amide bonds. The van der Waals surface area contributed by atoms with Gasteiger partial charge in [0, 0.05) is 25.0 Å². The second-order valence-corrected chi connectivity index (χ2v) is 5.97. The van der Waals surface area contributed by atoms with Gasteiger partial charge in [0.05, 0.1) is 6.61 Å². The number of nitrogens with one attached hydrogen (secondary N) is 1. The molecule has 4 nitrogen and oxygen atoms in total. The third kappa shape index (κ3) is 3.89. The number of aliphatic hydroxyl groups is 1. The molecule has 0 atom stereocenters. The van der Waals surface area contributed by atoms with Crippen LogP contribution in [-0.4, -0.2) is 42.3 Å². The Labute approximate surface area is 132 Å². The standard InChI is InChI=1S/C18H26N2O2/c1-2-12-20(13-14-21)17(22)19-15-18(10-6-7-11-18)16-8-4-3-5-9-16/h2-5,8-9,21H,1,6-7,10-15H2,(H,19,22). The minimum atomic E-state index is -0.129. The molecular formula is C18H26N2O2. The van der Waals surface area contributed by atoms with Crippen molar-refractivity contribution in [3.8, 4) is 0 Å². The summed E-state index contributed by atoms with van der Waals surface area (Å²) in [6.45, 7) is 5.05. The van der Waals surface area contributed by atoms with Crippen molar-refractivity contribution in [3.63, 3.8) is 0 Å². The molecule has 0 radical (unpaired) electrons. The van der Waals surface area contributed by atoms with Crippen LogP contribution in [0.25, 0.3) is 0 Å². The first-order valence-electron chi connectivity index (χ1n) is 8.02. The second kappa shape index (κ2) is 7.99. The van der Waals surface area contributed by atoms with Crippen molar-refractivity contribution in [1.82, 2.24) is 10.2 Å². The van der Waals surface area contributed by atoms with Crippen LogP contribution in [0.5, 0.6) is 0 Å². The monoisotopic (exact) mass is 302 g/mol. The van der Waals surface area contributed by atoms with Crippen LogP contribution in [0, 0.1) is 0 Å². The van der Waals surface area contributed by atoms with E-state index in [4.69, 9.17) is 5.11 Å². The lowest BCUT2D eigenvalue weighted by molar-refractivity contribution is 0.181. The highest BCUT2D eigenvalue weighted by atomic mass is 16.3. The Morgan fingerprint density at radius 2 is 2.00 bits per heavy atom. The molecular weight excluding hydrogens is 276 g/mol. The molecule has 0 aliphatic heterocycles. The summed E-state index contributed by atoms with van der Waals surface area (Å²) in [5.41, 5.74) is 1.36. The molecule has 22 heavy (non-hydrogen) atoms. The first-order valence-corrected chi connectivity index (χ1v) is 8.02. The van der Waals surface area contributed by atoms with E-state index in [2.05, 4.69) is 36.2 Å². The number of carbonyl (C=O) groups excluding carboxylic acids is 1. The van der Waals surface area contributed by atoms with E-state index in [-0.39, 0.29) is 18.1 Å². The average Bonchev–Trinajstić information content (AvgIpc) is 3.03. The summed E-state index contributed by atoms with van der Waals surface area (Å²) in [5.74, 6) is 0. The first kappa shape index (κ1) is 16.6. The van der Waals surface area contributed by atoms with Crippen LogP contribution < -0.4 is 5.32 Å². The number of urea groups is 1. The van der Waals surface area contributed by atoms with Crippen molar-refractivity contribution in [2.45, 2.75) is 31.1 Å². The molecule has 120 valence electrons. The molecule has 1 aliphatic rings. The molecule has 1 aromatic carbocycles. The quantitative estimate of drug-likeness (QED) is 0.761. The predicted molar refractivity (Wildman–Crippen MR) is 88.8 cm³/mol. The van der Waals surface area contributed by atoms with Gasteiger partial charge in [-0.05, 0) is 18.4 Å². The number of hydrogen-bond acceptors (Lipinski definition) is 2. The van der Waals surface area contributed by atoms with Gasteiger partial charge >= 0.3 is 6.03 Å². The Morgan fingerprint density at radius 1 is 1.32 bits per heavy atom. The summed E-state index contributed by atoms with van der Waals surface area (Å²) in [6, 6.07) is 10.3. The van der Waals surface area contributed by atoms with E-state index in [0.717, 1.165) is 12.8 Å². The van der Waals surface area contributed by atoms with Gasteiger partial charge in [0.25, 0.3) is 0 Å². The molecule has 4 heteroatoms. The molecule has 1 fully saturated rings. The summed E-state index contributed by atoms with van der Waals surface area (Å²) >= 11 is 0. The highest BCUT2D eigenvalue weighted by molar-refractivity contribution is 5.74. The Balaban J connectivity index is 2.03. The maximum absolute atomic E-state index is 12.3. The van der Waals surface area contributed by atoms with Crippen molar-refractivity contribution >= 4 is 6.03 Å². The Hall–Kier alpha value is -1.81. The van der Waals surface area contributed by atoms with Crippen molar-refractivity contribution in [2.75, 3.05) is 26.2 Å². The SMILES string of the molecule is C=CCN(CCO)C(=O)NCC1(c2ccccc2)CCCC1. The van der Waals surface area contributed by atoms with Gasteiger partial charge in [-0.3, -0.25) is 0 Å². The van der Waals surface area contributed by atoms with E-state index < -0.39 is 0 Å². The van der Waals surface area contributed by atoms with Crippen LogP contribution in [0.15, 0.2) is 43.0 Å². The van der Waals surface area contributed by atoms with Crippen LogP contribution in [-0.2, 0) is 5.41 Å². The zero-order valence-corrected chi connectivity index (χ0v) is 13.1. The zero-order valence-electron chi connectivity index (χ0n) is 13.1. The lowest BCUT2D eigenvalue weighted by Gasteiger charge is -2.31. The van der Waals surface area contributed by atoms with Crippen LogP contribution in [0.1, 0.15) is 31.2 Å². The van der Waals surface area contributed by atoms with E-state index >= 15 is 0 Å². The molecule has 0 spiro atoms. The minimum Gasteiger partial charge on any atom is -0.395 e. The number of amides is 2. The van der Waals surface area contributed by atoms with E-state index in [0.29, 0.717) is 19.6 Å². The van der Waals surface area contributed by atoms with Gasteiger partial charge in [-0.25, -0.2) is 4.79 Å². The largest absolute Gasteiger partial charge is 0.395 e. The fourth-order valence-electron chi connectivity index (χ4n) is 3.32. The second-order valence-electron chi connectivity index (χ2n) is 5.97. The highest BCUT2D eigenvalue weighted by Gasteiger charge is 2.36. The van der Waals surface area contributed by atoms with Gasteiger partial charge in [0.1, 0.15) is 0 Å². The van der Waals surface area contributed by atoms with Crippen molar-refractivity contribution in [3.05, 3.63) is 48.6 Å². The summed E-state index contributed by atoms with van der Waals surface area (Å²) in [7, 11) is 0. The van der Waals surface area contributed by atoms with E-state index in [1.807, 2.05) is 6.07 Å². The molecule has 0 heterocycles. The summed E-state index contributed by atoms with van der Waals surface area (Å²) in [6.07, 6.45) is 6.31. The number of benzene rings is 1. The molecule has 2 rings (SSSR count). The lowest BCUT2D eigenvalue weighted by atomic mass is 9.79. The molecule has 2 N–H and O–H groups in total. The Morgan fingerprint density at radius 3 is 2.59 bits per heavy atom. The van der Waals surface area contributed by atoms with Gasteiger partial charge in [-0.1, -0.05) is 49.2 Å². The third-order valence-corrected chi connectivity index (χ3v) is 4.53. The maximum atomic E-state index is 12.3. The Bertz CT molecular complexity index is 481. The normalized spacial score (nSPS) is 16.2. The van der Waals surface area contributed by atoms with Gasteiger partial charge in [0.15, 0.2) is 0 Å². The van der Waals surface area contributed by atoms with E-state index in [1.165, 1.54) is 18.4 Å². The number of carbonyl (C=O) groups is 1. The van der Waals surface area contributed by atoms with Crippen molar-refractivity contribution in [1.29, 1.82) is 0 Å². The number of aliphatic hydroxyl groups excluding tert-OH is 1. The van der Waals surface area contributed by atoms with E-state index in [1.54, 1.807) is 11.0 Å². The predicted octanol–water partition coefficient (Wildman–Crippen LogP) is 2.69. The third-order valence-electron chi connectivity index (χ3n) is 4.53. The molecule has 1 aliphatic carbocycles. The number of hydrogen-bond donors (Lipinski definition) is 2. The highest BCUT2D eigenvalue weighted by Crippen LogP contribution is 2.40. The fourth-order valence-corrected chi connectivity index (χ4v) is 3.32. The van der Waals surface area contributed by atoms with Crippen LogP contribution in [0.2, 0.25) is 0 Å². The topological polar surface area (TPSA) is 52.6 Å². The maximum Gasteiger partial charge on any atom is 0.317 e. The first-order chi connectivity index (χ1) is 10.7. The summed E-state index contributed by atoms with van der Waals surface area (Å²) in [5, 5.41) is 12.1. The zero-order chi connectivity index (χ0) is 15.8. The van der Waals surface area contributed by atoms with Gasteiger partial charge in [-0.2, -0.15) is 0 Å². The summed E-state index contributed by atoms with van der Waals surface area (Å²) < 4.78 is 0. The number of rotatable bonds is 7.